The van der Waals surface area contributed by atoms with Gasteiger partial charge in [0, 0.05) is 13.1 Å². The first-order valence-corrected chi connectivity index (χ1v) is 9.52. The molecular formula is C20H11ClF7N3O4. The fraction of sp³-hybridized carbons (Fsp3) is 0.150. The van der Waals surface area contributed by atoms with E-state index >= 15 is 0 Å². The largest absolute Gasteiger partial charge is 0.464 e. The molecule has 35 heavy (non-hydrogen) atoms. The van der Waals surface area contributed by atoms with E-state index in [4.69, 9.17) is 11.6 Å². The molecule has 7 nitrogen and oxygen atoms in total. The number of nitrogens with zero attached hydrogens (tertiary/aromatic N) is 3. The fourth-order valence-electron chi connectivity index (χ4n) is 3.16. The molecule has 0 saturated heterocycles. The van der Waals surface area contributed by atoms with Gasteiger partial charge in [0.25, 0.3) is 5.56 Å². The maximum absolute atomic E-state index is 14.7. The number of carboxylic acid groups (broad SMARTS) is 1. The van der Waals surface area contributed by atoms with Gasteiger partial charge in [-0.3, -0.25) is 9.36 Å². The van der Waals surface area contributed by atoms with Crippen molar-refractivity contribution in [3.05, 3.63) is 85.4 Å². The minimum Gasteiger partial charge on any atom is -0.464 e. The Labute approximate surface area is 194 Å². The first kappa shape index (κ1) is 25.8. The van der Waals surface area contributed by atoms with Crippen LogP contribution in [0.5, 0.6) is 0 Å². The molecule has 1 heterocycles. The lowest BCUT2D eigenvalue weighted by atomic mass is 10.1. The molecule has 0 atom stereocenters. The van der Waals surface area contributed by atoms with Crippen LogP contribution in [-0.2, 0) is 19.4 Å². The highest BCUT2D eigenvalue weighted by atomic mass is 35.5. The summed E-state index contributed by atoms with van der Waals surface area (Å²) in [4.78, 5) is 37.0. The van der Waals surface area contributed by atoms with Gasteiger partial charge in [0.15, 0.2) is 0 Å². The Morgan fingerprint density at radius 2 is 1.63 bits per heavy atom. The highest BCUT2D eigenvalue weighted by Gasteiger charge is 2.36. The minimum absolute atomic E-state index is 0.00340. The molecule has 186 valence electrons. The molecule has 2 aromatic carbocycles. The van der Waals surface area contributed by atoms with Crippen LogP contribution in [0.25, 0.3) is 5.69 Å². The Hall–Kier alpha value is -3.81. The van der Waals surface area contributed by atoms with E-state index in [-0.39, 0.29) is 20.1 Å². The van der Waals surface area contributed by atoms with Gasteiger partial charge in [-0.2, -0.15) is 26.3 Å². The van der Waals surface area contributed by atoms with Crippen molar-refractivity contribution in [2.45, 2.75) is 12.4 Å². The number of carbonyl (C=O) groups is 1. The third kappa shape index (κ3) is 4.87. The summed E-state index contributed by atoms with van der Waals surface area (Å²) in [6, 6.07) is 4.00. The van der Waals surface area contributed by atoms with Crippen molar-refractivity contribution < 1.29 is 40.6 Å². The van der Waals surface area contributed by atoms with Gasteiger partial charge in [-0.1, -0.05) is 17.7 Å². The van der Waals surface area contributed by atoms with Crippen molar-refractivity contribution in [3.8, 4) is 5.69 Å². The molecule has 0 bridgehead atoms. The highest BCUT2D eigenvalue weighted by molar-refractivity contribution is 6.34. The number of benzene rings is 2. The minimum atomic E-state index is -5.10. The summed E-state index contributed by atoms with van der Waals surface area (Å²) >= 11 is 5.92. The Bertz CT molecular complexity index is 1440. The summed E-state index contributed by atoms with van der Waals surface area (Å²) in [5.41, 5.74) is -8.33. The zero-order chi connectivity index (χ0) is 26.5. The molecule has 3 rings (SSSR count). The summed E-state index contributed by atoms with van der Waals surface area (Å²) in [7, 11) is 0.669. The molecule has 1 N–H and O–H groups in total. The van der Waals surface area contributed by atoms with Gasteiger partial charge in [0.1, 0.15) is 11.5 Å². The van der Waals surface area contributed by atoms with E-state index < -0.39 is 68.9 Å². The van der Waals surface area contributed by atoms with E-state index in [1.54, 1.807) is 0 Å². The van der Waals surface area contributed by atoms with Crippen LogP contribution < -0.4 is 16.1 Å². The van der Waals surface area contributed by atoms with Gasteiger partial charge in [0.2, 0.25) is 0 Å². The lowest BCUT2D eigenvalue weighted by Gasteiger charge is -2.23. The quantitative estimate of drug-likeness (QED) is 0.478. The number of anilines is 2. The molecule has 0 aliphatic heterocycles. The second-order valence-electron chi connectivity index (χ2n) is 6.96. The van der Waals surface area contributed by atoms with Crippen LogP contribution in [-0.4, -0.2) is 20.3 Å². The van der Waals surface area contributed by atoms with Crippen LogP contribution in [0.3, 0.4) is 0 Å². The average Bonchev–Trinajstić information content (AvgIpc) is 2.72. The van der Waals surface area contributed by atoms with Crippen LogP contribution in [0.1, 0.15) is 11.3 Å². The summed E-state index contributed by atoms with van der Waals surface area (Å²) in [6.07, 6.45) is -11.8. The van der Waals surface area contributed by atoms with Gasteiger partial charge < -0.3 is 5.11 Å². The number of halogens is 8. The third-order valence-corrected chi connectivity index (χ3v) is 5.03. The molecule has 1 aromatic heterocycles. The second kappa shape index (κ2) is 8.76. The molecule has 0 radical (unpaired) electrons. The molecular weight excluding hydrogens is 515 g/mol. The fourth-order valence-corrected chi connectivity index (χ4v) is 3.40. The van der Waals surface area contributed by atoms with Crippen molar-refractivity contribution in [1.82, 2.24) is 9.13 Å². The van der Waals surface area contributed by atoms with E-state index in [2.05, 4.69) is 0 Å². The van der Waals surface area contributed by atoms with Gasteiger partial charge >= 0.3 is 24.1 Å². The van der Waals surface area contributed by atoms with Crippen molar-refractivity contribution >= 4 is 29.1 Å². The number of amides is 1. The lowest BCUT2D eigenvalue weighted by Crippen LogP contribution is -2.41. The summed E-state index contributed by atoms with van der Waals surface area (Å²) in [5.74, 6) is -1.40. The molecule has 3 aromatic rings. The van der Waals surface area contributed by atoms with E-state index in [9.17, 15) is 50.2 Å². The summed E-state index contributed by atoms with van der Waals surface area (Å²) < 4.78 is 93.3. The van der Waals surface area contributed by atoms with Crippen molar-refractivity contribution in [3.63, 3.8) is 0 Å². The summed E-state index contributed by atoms with van der Waals surface area (Å²) in [6.45, 7) is 0. The SMILES string of the molecule is Cn1c(C(F)(F)F)cc(=O)n(-c2cc(N(C(=O)O)c3cccc(C(F)(F)F)c3)c(Cl)cc2F)c1=O. The standard InChI is InChI=1S/C20H11ClF7N3O4/c1-29-15(20(26,27)28)8-16(32)31(17(29)33)14-7-13(11(21)6-12(14)22)30(18(34)35)10-4-2-3-9(5-10)19(23,24)25/h2-8H,1H3,(H,34,35). The van der Waals surface area contributed by atoms with Gasteiger partial charge in [0.05, 0.1) is 27.6 Å². The van der Waals surface area contributed by atoms with Crippen molar-refractivity contribution in [2.75, 3.05) is 4.90 Å². The summed E-state index contributed by atoms with van der Waals surface area (Å²) in [5, 5.41) is 8.99. The monoisotopic (exact) mass is 525 g/mol. The van der Waals surface area contributed by atoms with Crippen LogP contribution >= 0.6 is 11.6 Å². The zero-order valence-electron chi connectivity index (χ0n) is 17.1. The predicted octanol–water partition coefficient (Wildman–Crippen LogP) is 5.18. The normalized spacial score (nSPS) is 12.0. The first-order valence-electron chi connectivity index (χ1n) is 9.14. The van der Waals surface area contributed by atoms with Crippen LogP contribution in [0.2, 0.25) is 5.02 Å². The number of hydrogen-bond donors (Lipinski definition) is 1. The number of rotatable bonds is 3. The molecule has 0 aliphatic rings. The van der Waals surface area contributed by atoms with Crippen LogP contribution in [0, 0.1) is 5.82 Å². The Kier molecular flexibility index (Phi) is 6.46. The van der Waals surface area contributed by atoms with E-state index in [0.29, 0.717) is 31.3 Å². The predicted molar refractivity (Wildman–Crippen MR) is 109 cm³/mol. The highest BCUT2D eigenvalue weighted by Crippen LogP contribution is 2.38. The molecule has 0 spiro atoms. The zero-order valence-corrected chi connectivity index (χ0v) is 17.8. The van der Waals surface area contributed by atoms with Gasteiger partial charge in [-0.15, -0.1) is 0 Å². The van der Waals surface area contributed by atoms with Crippen molar-refractivity contribution in [2.24, 2.45) is 7.05 Å². The number of alkyl halides is 6. The van der Waals surface area contributed by atoms with Crippen LogP contribution in [0.4, 0.5) is 46.9 Å². The average molecular weight is 526 g/mol. The van der Waals surface area contributed by atoms with E-state index in [0.717, 1.165) is 12.1 Å². The van der Waals surface area contributed by atoms with E-state index in [1.165, 1.54) is 0 Å². The molecule has 15 heteroatoms. The maximum atomic E-state index is 14.7. The number of aromatic nitrogens is 2. The van der Waals surface area contributed by atoms with Gasteiger partial charge in [-0.05, 0) is 30.3 Å². The first-order chi connectivity index (χ1) is 16.0. The molecule has 1 amide bonds. The Morgan fingerprint density at radius 1 is 1.00 bits per heavy atom. The van der Waals surface area contributed by atoms with E-state index in [1.807, 2.05) is 0 Å². The third-order valence-electron chi connectivity index (χ3n) is 4.73. The Morgan fingerprint density at radius 3 is 2.17 bits per heavy atom. The molecule has 0 saturated carbocycles. The lowest BCUT2D eigenvalue weighted by molar-refractivity contribution is -0.144. The second-order valence-corrected chi connectivity index (χ2v) is 7.37. The van der Waals surface area contributed by atoms with Gasteiger partial charge in [-0.25, -0.2) is 23.4 Å². The maximum Gasteiger partial charge on any atom is 0.431 e. The molecule has 0 fully saturated rings. The van der Waals surface area contributed by atoms with Crippen LogP contribution in [0.15, 0.2) is 52.1 Å². The Balaban J connectivity index is 2.30. The smallest absolute Gasteiger partial charge is 0.431 e. The topological polar surface area (TPSA) is 84.5 Å². The van der Waals surface area contributed by atoms with Crippen molar-refractivity contribution in [1.29, 1.82) is 0 Å². The number of hydrogen-bond acceptors (Lipinski definition) is 3. The molecule has 0 unspecified atom stereocenters. The molecule has 0 aliphatic carbocycles.